The van der Waals surface area contributed by atoms with Gasteiger partial charge in [-0.15, -0.1) is 0 Å². The Labute approximate surface area is 135 Å². The van der Waals surface area contributed by atoms with Gasteiger partial charge < -0.3 is 14.9 Å². The normalized spacial score (nSPS) is 21.3. The highest BCUT2D eigenvalue weighted by Crippen LogP contribution is 2.32. The molecule has 0 saturated carbocycles. The third-order valence-electron chi connectivity index (χ3n) is 4.18. The molecule has 4 heteroatoms. The van der Waals surface area contributed by atoms with Gasteiger partial charge in [0.15, 0.2) is 0 Å². The van der Waals surface area contributed by atoms with Crippen LogP contribution in [0.2, 0.25) is 0 Å². The summed E-state index contributed by atoms with van der Waals surface area (Å²) in [4.78, 5) is 12.0. The number of phenols is 2. The zero-order valence-electron chi connectivity index (χ0n) is 12.8. The van der Waals surface area contributed by atoms with Crippen LogP contribution in [-0.4, -0.2) is 22.1 Å². The van der Waals surface area contributed by atoms with Gasteiger partial charge in [0.25, 0.3) is 0 Å². The van der Waals surface area contributed by atoms with Crippen molar-refractivity contribution in [2.75, 3.05) is 0 Å². The SMILES string of the molecule is O=C1C[C@H](CCc2ccc(O)cc2)O[C@@H](c2ccc(O)cc2)C1. The van der Waals surface area contributed by atoms with E-state index in [0.29, 0.717) is 12.8 Å². The third-order valence-corrected chi connectivity index (χ3v) is 4.18. The van der Waals surface area contributed by atoms with E-state index in [1.165, 1.54) is 0 Å². The molecule has 1 heterocycles. The van der Waals surface area contributed by atoms with Crippen molar-refractivity contribution in [3.8, 4) is 11.5 Å². The largest absolute Gasteiger partial charge is 0.508 e. The molecular formula is C19H20O4. The lowest BCUT2D eigenvalue weighted by Gasteiger charge is -2.29. The highest BCUT2D eigenvalue weighted by molar-refractivity contribution is 5.80. The number of carbonyl (C=O) groups excluding carboxylic acids is 1. The number of ether oxygens (including phenoxy) is 1. The molecular weight excluding hydrogens is 292 g/mol. The molecule has 0 amide bonds. The summed E-state index contributed by atoms with van der Waals surface area (Å²) in [5.41, 5.74) is 2.04. The molecule has 4 nitrogen and oxygen atoms in total. The zero-order chi connectivity index (χ0) is 16.2. The summed E-state index contributed by atoms with van der Waals surface area (Å²) in [6.45, 7) is 0. The number of phenolic OH excluding ortho intramolecular Hbond substituents is 2. The van der Waals surface area contributed by atoms with Crippen molar-refractivity contribution < 1.29 is 19.7 Å². The van der Waals surface area contributed by atoms with Crippen molar-refractivity contribution in [2.24, 2.45) is 0 Å². The number of carbonyl (C=O) groups is 1. The second kappa shape index (κ2) is 6.84. The zero-order valence-corrected chi connectivity index (χ0v) is 12.8. The number of hydrogen-bond acceptors (Lipinski definition) is 4. The first-order chi connectivity index (χ1) is 11.1. The van der Waals surface area contributed by atoms with Crippen LogP contribution in [0.1, 0.15) is 36.5 Å². The van der Waals surface area contributed by atoms with Crippen LogP contribution in [0.5, 0.6) is 11.5 Å². The number of hydrogen-bond donors (Lipinski definition) is 2. The average molecular weight is 312 g/mol. The van der Waals surface area contributed by atoms with E-state index in [2.05, 4.69) is 0 Å². The summed E-state index contributed by atoms with van der Waals surface area (Å²) in [6.07, 6.45) is 2.09. The Morgan fingerprint density at radius 3 is 2.17 bits per heavy atom. The van der Waals surface area contributed by atoms with Gasteiger partial charge in [-0.2, -0.15) is 0 Å². The molecule has 23 heavy (non-hydrogen) atoms. The van der Waals surface area contributed by atoms with Gasteiger partial charge in [0, 0.05) is 12.8 Å². The molecule has 120 valence electrons. The van der Waals surface area contributed by atoms with Gasteiger partial charge >= 0.3 is 0 Å². The Kier molecular flexibility index (Phi) is 4.63. The molecule has 0 bridgehead atoms. The average Bonchev–Trinajstić information content (AvgIpc) is 2.54. The summed E-state index contributed by atoms with van der Waals surface area (Å²) < 4.78 is 6.08. The quantitative estimate of drug-likeness (QED) is 0.906. The molecule has 1 aliphatic heterocycles. The van der Waals surface area contributed by atoms with Gasteiger partial charge in [-0.3, -0.25) is 4.79 Å². The summed E-state index contributed by atoms with van der Waals surface area (Å²) in [6, 6.07) is 13.9. The molecule has 2 aromatic carbocycles. The number of aryl methyl sites for hydroxylation is 1. The number of rotatable bonds is 4. The fourth-order valence-electron chi connectivity index (χ4n) is 2.92. The van der Waals surface area contributed by atoms with Gasteiger partial charge in [-0.1, -0.05) is 24.3 Å². The van der Waals surface area contributed by atoms with Crippen molar-refractivity contribution in [2.45, 2.75) is 37.9 Å². The molecule has 1 aliphatic rings. The number of benzene rings is 2. The lowest BCUT2D eigenvalue weighted by Crippen LogP contribution is -2.28. The summed E-state index contributed by atoms with van der Waals surface area (Å²) in [5.74, 6) is 0.676. The predicted molar refractivity (Wildman–Crippen MR) is 86.4 cm³/mol. The van der Waals surface area contributed by atoms with Crippen LogP contribution in [-0.2, 0) is 16.0 Å². The van der Waals surface area contributed by atoms with E-state index in [4.69, 9.17) is 4.74 Å². The van der Waals surface area contributed by atoms with Crippen molar-refractivity contribution in [3.05, 3.63) is 59.7 Å². The van der Waals surface area contributed by atoms with Gasteiger partial charge in [0.1, 0.15) is 17.3 Å². The minimum atomic E-state index is -0.235. The number of aromatic hydroxyl groups is 2. The maximum atomic E-state index is 12.0. The molecule has 0 unspecified atom stereocenters. The Bertz CT molecular complexity index is 661. The lowest BCUT2D eigenvalue weighted by atomic mass is 9.94. The highest BCUT2D eigenvalue weighted by Gasteiger charge is 2.28. The number of Topliss-reactive ketones (excluding diaryl/α,β-unsaturated/α-hetero) is 1. The molecule has 2 N–H and O–H groups in total. The van der Waals surface area contributed by atoms with E-state index < -0.39 is 0 Å². The second-order valence-corrected chi connectivity index (χ2v) is 5.99. The van der Waals surface area contributed by atoms with E-state index in [1.54, 1.807) is 36.4 Å². The van der Waals surface area contributed by atoms with E-state index in [0.717, 1.165) is 24.0 Å². The number of ketones is 1. The van der Waals surface area contributed by atoms with E-state index in [9.17, 15) is 15.0 Å². The fraction of sp³-hybridized carbons (Fsp3) is 0.316. The topological polar surface area (TPSA) is 66.8 Å². The van der Waals surface area contributed by atoms with Gasteiger partial charge in [-0.05, 0) is 48.2 Å². The smallest absolute Gasteiger partial charge is 0.138 e. The standard InChI is InChI=1S/C19H20O4/c20-15-6-1-13(2-7-15)3-10-18-11-17(22)12-19(23-18)14-4-8-16(21)9-5-14/h1-2,4-9,18-21H,3,10-12H2/t18-,19+/m0/s1. The van der Waals surface area contributed by atoms with Crippen LogP contribution in [0.3, 0.4) is 0 Å². The van der Waals surface area contributed by atoms with Crippen LogP contribution in [0, 0.1) is 0 Å². The predicted octanol–water partition coefficient (Wildman–Crippen LogP) is 3.52. The van der Waals surface area contributed by atoms with Gasteiger partial charge in [0.2, 0.25) is 0 Å². The Hall–Kier alpha value is -2.33. The van der Waals surface area contributed by atoms with Crippen molar-refractivity contribution in [3.63, 3.8) is 0 Å². The van der Waals surface area contributed by atoms with Crippen LogP contribution in [0.4, 0.5) is 0 Å². The summed E-state index contributed by atoms with van der Waals surface area (Å²) >= 11 is 0. The first-order valence-electron chi connectivity index (χ1n) is 7.84. The van der Waals surface area contributed by atoms with E-state index >= 15 is 0 Å². The van der Waals surface area contributed by atoms with Crippen LogP contribution < -0.4 is 0 Å². The lowest BCUT2D eigenvalue weighted by molar-refractivity contribution is -0.136. The molecule has 0 spiro atoms. The van der Waals surface area contributed by atoms with Crippen LogP contribution >= 0.6 is 0 Å². The maximum Gasteiger partial charge on any atom is 0.138 e. The van der Waals surface area contributed by atoms with E-state index in [1.807, 2.05) is 12.1 Å². The van der Waals surface area contributed by atoms with E-state index in [-0.39, 0.29) is 29.5 Å². The molecule has 2 aromatic rings. The monoisotopic (exact) mass is 312 g/mol. The Morgan fingerprint density at radius 1 is 0.913 bits per heavy atom. The molecule has 1 fully saturated rings. The minimum absolute atomic E-state index is 0.0937. The molecule has 0 radical (unpaired) electrons. The molecule has 1 saturated heterocycles. The molecule has 2 atom stereocenters. The van der Waals surface area contributed by atoms with Crippen LogP contribution in [0.25, 0.3) is 0 Å². The molecule has 0 aliphatic carbocycles. The highest BCUT2D eigenvalue weighted by atomic mass is 16.5. The Balaban J connectivity index is 1.62. The third kappa shape index (κ3) is 4.11. The fourth-order valence-corrected chi connectivity index (χ4v) is 2.92. The van der Waals surface area contributed by atoms with Crippen LogP contribution in [0.15, 0.2) is 48.5 Å². The van der Waals surface area contributed by atoms with Gasteiger partial charge in [-0.25, -0.2) is 0 Å². The van der Waals surface area contributed by atoms with Crippen molar-refractivity contribution >= 4 is 5.78 Å². The first kappa shape index (κ1) is 15.6. The van der Waals surface area contributed by atoms with Gasteiger partial charge in [0.05, 0.1) is 12.2 Å². The minimum Gasteiger partial charge on any atom is -0.508 e. The first-order valence-corrected chi connectivity index (χ1v) is 7.84. The summed E-state index contributed by atoms with van der Waals surface area (Å²) in [7, 11) is 0. The van der Waals surface area contributed by atoms with Crippen molar-refractivity contribution in [1.29, 1.82) is 0 Å². The maximum absolute atomic E-state index is 12.0. The molecule has 0 aromatic heterocycles. The summed E-state index contributed by atoms with van der Waals surface area (Å²) in [5, 5.41) is 18.7. The van der Waals surface area contributed by atoms with Crippen molar-refractivity contribution in [1.82, 2.24) is 0 Å². The second-order valence-electron chi connectivity index (χ2n) is 5.99. The Morgan fingerprint density at radius 2 is 1.52 bits per heavy atom. The molecule has 3 rings (SSSR count).